The number of rotatable bonds is 5. The third kappa shape index (κ3) is 6.41. The zero-order valence-corrected chi connectivity index (χ0v) is 8.85. The highest BCUT2D eigenvalue weighted by Gasteiger charge is 2.17. The van der Waals surface area contributed by atoms with Crippen LogP contribution in [0.4, 0.5) is 0 Å². The summed E-state index contributed by atoms with van der Waals surface area (Å²) in [5.41, 5.74) is 0.878. The van der Waals surface area contributed by atoms with Crippen LogP contribution in [0.2, 0.25) is 0 Å². The molecule has 0 aliphatic carbocycles. The SMILES string of the molecule is CCCC(C)(O)CCC=C(C)C. The van der Waals surface area contributed by atoms with Gasteiger partial charge in [-0.05, 0) is 40.0 Å². The second-order valence-corrected chi connectivity index (χ2v) is 4.07. The predicted molar refractivity (Wildman–Crippen MR) is 54.2 cm³/mol. The summed E-state index contributed by atoms with van der Waals surface area (Å²) in [6.45, 7) is 8.22. The van der Waals surface area contributed by atoms with E-state index in [9.17, 15) is 5.11 Å². The highest BCUT2D eigenvalue weighted by molar-refractivity contribution is 4.93. The van der Waals surface area contributed by atoms with Crippen molar-refractivity contribution >= 4 is 0 Å². The van der Waals surface area contributed by atoms with Crippen LogP contribution in [0.15, 0.2) is 11.6 Å². The van der Waals surface area contributed by atoms with E-state index in [1.54, 1.807) is 0 Å². The zero-order chi connectivity index (χ0) is 9.61. The molecule has 0 aromatic rings. The maximum absolute atomic E-state index is 9.80. The molecule has 0 amide bonds. The van der Waals surface area contributed by atoms with E-state index in [4.69, 9.17) is 0 Å². The minimum atomic E-state index is -0.458. The molecule has 0 saturated carbocycles. The fraction of sp³-hybridized carbons (Fsp3) is 0.818. The molecule has 72 valence electrons. The Kier molecular flexibility index (Phi) is 5.23. The van der Waals surface area contributed by atoms with Crippen molar-refractivity contribution < 1.29 is 5.11 Å². The van der Waals surface area contributed by atoms with E-state index in [0.717, 1.165) is 25.7 Å². The molecule has 0 rings (SSSR count). The maximum atomic E-state index is 9.80. The predicted octanol–water partition coefficient (Wildman–Crippen LogP) is 3.28. The Balaban J connectivity index is 3.68. The summed E-state index contributed by atoms with van der Waals surface area (Å²) in [6, 6.07) is 0. The molecule has 0 aromatic carbocycles. The lowest BCUT2D eigenvalue weighted by Crippen LogP contribution is -2.22. The third-order valence-electron chi connectivity index (χ3n) is 2.02. The molecule has 0 fully saturated rings. The van der Waals surface area contributed by atoms with Crippen molar-refractivity contribution in [3.8, 4) is 0 Å². The van der Waals surface area contributed by atoms with E-state index >= 15 is 0 Å². The van der Waals surface area contributed by atoms with Gasteiger partial charge in [-0.2, -0.15) is 0 Å². The minimum absolute atomic E-state index is 0.458. The van der Waals surface area contributed by atoms with Crippen LogP contribution < -0.4 is 0 Å². The van der Waals surface area contributed by atoms with Crippen molar-refractivity contribution in [1.29, 1.82) is 0 Å². The van der Waals surface area contributed by atoms with Gasteiger partial charge in [0.1, 0.15) is 0 Å². The van der Waals surface area contributed by atoms with Crippen molar-refractivity contribution in [3.63, 3.8) is 0 Å². The summed E-state index contributed by atoms with van der Waals surface area (Å²) in [4.78, 5) is 0. The topological polar surface area (TPSA) is 20.2 Å². The molecule has 0 bridgehead atoms. The molecular formula is C11H22O. The summed E-state index contributed by atoms with van der Waals surface area (Å²) < 4.78 is 0. The second-order valence-electron chi connectivity index (χ2n) is 4.07. The van der Waals surface area contributed by atoms with Gasteiger partial charge in [-0.3, -0.25) is 0 Å². The second kappa shape index (κ2) is 5.36. The van der Waals surface area contributed by atoms with Crippen LogP contribution in [0.25, 0.3) is 0 Å². The van der Waals surface area contributed by atoms with Crippen molar-refractivity contribution in [1.82, 2.24) is 0 Å². The minimum Gasteiger partial charge on any atom is -0.390 e. The fourth-order valence-electron chi connectivity index (χ4n) is 1.34. The normalized spacial score (nSPS) is 15.4. The maximum Gasteiger partial charge on any atom is 0.0622 e. The smallest absolute Gasteiger partial charge is 0.0622 e. The highest BCUT2D eigenvalue weighted by atomic mass is 16.3. The molecule has 1 N–H and O–H groups in total. The van der Waals surface area contributed by atoms with Crippen LogP contribution in [-0.4, -0.2) is 10.7 Å². The van der Waals surface area contributed by atoms with Gasteiger partial charge < -0.3 is 5.11 Å². The first-order chi connectivity index (χ1) is 5.48. The number of hydrogen-bond acceptors (Lipinski definition) is 1. The van der Waals surface area contributed by atoms with Gasteiger partial charge in [-0.25, -0.2) is 0 Å². The largest absolute Gasteiger partial charge is 0.390 e. The van der Waals surface area contributed by atoms with Gasteiger partial charge in [0, 0.05) is 0 Å². The molecule has 0 heterocycles. The molecule has 1 nitrogen and oxygen atoms in total. The Hall–Kier alpha value is -0.300. The molecule has 1 atom stereocenters. The van der Waals surface area contributed by atoms with Crippen LogP contribution in [0.5, 0.6) is 0 Å². The van der Waals surface area contributed by atoms with E-state index in [2.05, 4.69) is 26.8 Å². The van der Waals surface area contributed by atoms with Crippen LogP contribution in [0, 0.1) is 0 Å². The van der Waals surface area contributed by atoms with Gasteiger partial charge in [-0.1, -0.05) is 25.0 Å². The lowest BCUT2D eigenvalue weighted by atomic mass is 9.94. The van der Waals surface area contributed by atoms with Crippen molar-refractivity contribution in [3.05, 3.63) is 11.6 Å². The van der Waals surface area contributed by atoms with Gasteiger partial charge in [-0.15, -0.1) is 0 Å². The van der Waals surface area contributed by atoms with E-state index < -0.39 is 5.60 Å². The van der Waals surface area contributed by atoms with E-state index in [0.29, 0.717) is 0 Å². The van der Waals surface area contributed by atoms with E-state index in [-0.39, 0.29) is 0 Å². The van der Waals surface area contributed by atoms with Gasteiger partial charge in [0.15, 0.2) is 0 Å². The van der Waals surface area contributed by atoms with E-state index in [1.165, 1.54) is 5.57 Å². The van der Waals surface area contributed by atoms with Crippen LogP contribution in [-0.2, 0) is 0 Å². The fourth-order valence-corrected chi connectivity index (χ4v) is 1.34. The third-order valence-corrected chi connectivity index (χ3v) is 2.02. The van der Waals surface area contributed by atoms with Crippen LogP contribution in [0.3, 0.4) is 0 Å². The van der Waals surface area contributed by atoms with Gasteiger partial charge >= 0.3 is 0 Å². The Labute approximate surface area is 76.5 Å². The first-order valence-corrected chi connectivity index (χ1v) is 4.83. The number of aliphatic hydroxyl groups is 1. The lowest BCUT2D eigenvalue weighted by molar-refractivity contribution is 0.0422. The molecule has 12 heavy (non-hydrogen) atoms. The molecule has 1 unspecified atom stereocenters. The summed E-state index contributed by atoms with van der Waals surface area (Å²) >= 11 is 0. The van der Waals surface area contributed by atoms with Crippen molar-refractivity contribution in [2.75, 3.05) is 0 Å². The monoisotopic (exact) mass is 170 g/mol. The Morgan fingerprint density at radius 3 is 2.33 bits per heavy atom. The summed E-state index contributed by atoms with van der Waals surface area (Å²) in [7, 11) is 0. The molecule has 1 heteroatoms. The van der Waals surface area contributed by atoms with Crippen molar-refractivity contribution in [2.45, 2.75) is 59.0 Å². The zero-order valence-electron chi connectivity index (χ0n) is 8.85. The quantitative estimate of drug-likeness (QED) is 0.628. The van der Waals surface area contributed by atoms with Crippen molar-refractivity contribution in [2.24, 2.45) is 0 Å². The number of allylic oxidation sites excluding steroid dienone is 2. The Bertz CT molecular complexity index is 141. The standard InChI is InChI=1S/C11H22O/c1-5-8-11(4,12)9-6-7-10(2)3/h7,12H,5-6,8-9H2,1-4H3. The average Bonchev–Trinajstić information content (AvgIpc) is 1.85. The van der Waals surface area contributed by atoms with Gasteiger partial charge in [0.2, 0.25) is 0 Å². The molecule has 0 saturated heterocycles. The van der Waals surface area contributed by atoms with E-state index in [1.807, 2.05) is 6.92 Å². The number of hydrogen-bond donors (Lipinski definition) is 1. The average molecular weight is 170 g/mol. The Morgan fingerprint density at radius 2 is 1.92 bits per heavy atom. The van der Waals surface area contributed by atoms with Gasteiger partial charge in [0.25, 0.3) is 0 Å². The molecule has 0 aliphatic heterocycles. The molecule has 0 spiro atoms. The summed E-state index contributed by atoms with van der Waals surface area (Å²) in [6.07, 6.45) is 6.02. The highest BCUT2D eigenvalue weighted by Crippen LogP contribution is 2.18. The molecule has 0 aromatic heterocycles. The lowest BCUT2D eigenvalue weighted by Gasteiger charge is -2.21. The summed E-state index contributed by atoms with van der Waals surface area (Å²) in [5.74, 6) is 0. The Morgan fingerprint density at radius 1 is 1.33 bits per heavy atom. The van der Waals surface area contributed by atoms with Crippen LogP contribution in [0.1, 0.15) is 53.4 Å². The molecule has 0 aliphatic rings. The summed E-state index contributed by atoms with van der Waals surface area (Å²) in [5, 5.41) is 9.80. The first-order valence-electron chi connectivity index (χ1n) is 4.83. The first kappa shape index (κ1) is 11.7. The molecular weight excluding hydrogens is 148 g/mol. The van der Waals surface area contributed by atoms with Crippen LogP contribution >= 0.6 is 0 Å². The van der Waals surface area contributed by atoms with Gasteiger partial charge in [0.05, 0.1) is 5.60 Å². The molecule has 0 radical (unpaired) electrons.